The summed E-state index contributed by atoms with van der Waals surface area (Å²) in [6.45, 7) is 0. The van der Waals surface area contributed by atoms with Gasteiger partial charge in [0.2, 0.25) is 5.91 Å². The third-order valence-electron chi connectivity index (χ3n) is 2.96. The molecule has 9 heteroatoms. The monoisotopic (exact) mass is 455 g/mol. The molecular formula is C15H11Br2N3O4. The molecule has 2 aromatic rings. The maximum atomic E-state index is 11.8. The highest BCUT2D eigenvalue weighted by atomic mass is 79.9. The molecule has 0 unspecified atom stereocenters. The van der Waals surface area contributed by atoms with Gasteiger partial charge in [0.05, 0.1) is 22.0 Å². The van der Waals surface area contributed by atoms with Crippen LogP contribution in [0.1, 0.15) is 11.1 Å². The van der Waals surface area contributed by atoms with Crippen LogP contribution in [0.3, 0.4) is 0 Å². The van der Waals surface area contributed by atoms with Crippen LogP contribution in [-0.4, -0.2) is 22.2 Å². The predicted molar refractivity (Wildman–Crippen MR) is 96.0 cm³/mol. The van der Waals surface area contributed by atoms with Gasteiger partial charge in [0.25, 0.3) is 5.69 Å². The molecule has 0 aromatic heterocycles. The number of hydrogen-bond acceptors (Lipinski definition) is 5. The third-order valence-corrected chi connectivity index (χ3v) is 4.02. The van der Waals surface area contributed by atoms with Crippen LogP contribution in [0.15, 0.2) is 50.4 Å². The van der Waals surface area contributed by atoms with E-state index in [1.165, 1.54) is 30.5 Å². The van der Waals surface area contributed by atoms with Crippen LogP contribution in [0.5, 0.6) is 5.75 Å². The highest BCUT2D eigenvalue weighted by molar-refractivity contribution is 9.11. The molecule has 0 bridgehead atoms. The summed E-state index contributed by atoms with van der Waals surface area (Å²) in [5.41, 5.74) is 3.35. The minimum atomic E-state index is -0.503. The molecule has 0 heterocycles. The van der Waals surface area contributed by atoms with E-state index in [-0.39, 0.29) is 23.8 Å². The van der Waals surface area contributed by atoms with Crippen LogP contribution in [0, 0.1) is 10.1 Å². The maximum absolute atomic E-state index is 11.8. The summed E-state index contributed by atoms with van der Waals surface area (Å²) in [5, 5.41) is 24.2. The van der Waals surface area contributed by atoms with Gasteiger partial charge in [0, 0.05) is 22.2 Å². The Morgan fingerprint density at radius 3 is 2.58 bits per heavy atom. The largest absolute Gasteiger partial charge is 0.506 e. The van der Waals surface area contributed by atoms with Crippen molar-refractivity contribution in [1.29, 1.82) is 0 Å². The predicted octanol–water partition coefficient (Wildman–Crippen LogP) is 3.52. The van der Waals surface area contributed by atoms with Crippen LogP contribution in [0.2, 0.25) is 0 Å². The zero-order valence-corrected chi connectivity index (χ0v) is 15.2. The minimum absolute atomic E-state index is 0.00608. The number of benzene rings is 2. The summed E-state index contributed by atoms with van der Waals surface area (Å²) in [7, 11) is 0. The van der Waals surface area contributed by atoms with Crippen molar-refractivity contribution in [3.8, 4) is 5.75 Å². The average Bonchev–Trinajstić information content (AvgIpc) is 2.52. The number of carbonyl (C=O) groups excluding carboxylic acids is 1. The number of non-ortho nitro benzene ring substituents is 1. The van der Waals surface area contributed by atoms with Gasteiger partial charge in [-0.15, -0.1) is 0 Å². The van der Waals surface area contributed by atoms with Crippen molar-refractivity contribution < 1.29 is 14.8 Å². The van der Waals surface area contributed by atoms with E-state index in [4.69, 9.17) is 0 Å². The summed E-state index contributed by atoms with van der Waals surface area (Å²) in [5.74, 6) is -0.375. The molecule has 124 valence electrons. The topological polar surface area (TPSA) is 105 Å². The molecule has 1 amide bonds. The molecule has 0 aliphatic carbocycles. The summed E-state index contributed by atoms with van der Waals surface area (Å²) in [6.07, 6.45) is 1.35. The summed E-state index contributed by atoms with van der Waals surface area (Å²) < 4.78 is 1.24. The van der Waals surface area contributed by atoms with Crippen molar-refractivity contribution in [2.45, 2.75) is 6.42 Å². The molecule has 0 saturated heterocycles. The van der Waals surface area contributed by atoms with Crippen molar-refractivity contribution >= 4 is 49.7 Å². The van der Waals surface area contributed by atoms with Crippen LogP contribution in [0.25, 0.3) is 0 Å². The van der Waals surface area contributed by atoms with Gasteiger partial charge in [-0.1, -0.05) is 28.1 Å². The molecule has 0 fully saturated rings. The van der Waals surface area contributed by atoms with Gasteiger partial charge in [0.15, 0.2) is 0 Å². The number of nitrogens with one attached hydrogen (secondary N) is 1. The molecular weight excluding hydrogens is 446 g/mol. The Morgan fingerprint density at radius 2 is 1.96 bits per heavy atom. The number of phenolic OH excluding ortho intramolecular Hbond substituents is 1. The quantitative estimate of drug-likeness (QED) is 0.408. The first-order valence-corrected chi connectivity index (χ1v) is 8.18. The van der Waals surface area contributed by atoms with E-state index >= 15 is 0 Å². The van der Waals surface area contributed by atoms with Crippen molar-refractivity contribution in [2.24, 2.45) is 5.10 Å². The van der Waals surface area contributed by atoms with Gasteiger partial charge in [-0.25, -0.2) is 5.43 Å². The van der Waals surface area contributed by atoms with E-state index in [0.29, 0.717) is 15.6 Å². The zero-order chi connectivity index (χ0) is 17.7. The molecule has 0 atom stereocenters. The molecule has 7 nitrogen and oxygen atoms in total. The van der Waals surface area contributed by atoms with Crippen molar-refractivity contribution in [3.63, 3.8) is 0 Å². The molecule has 0 saturated carbocycles. The van der Waals surface area contributed by atoms with E-state index in [1.54, 1.807) is 12.1 Å². The van der Waals surface area contributed by atoms with E-state index in [2.05, 4.69) is 42.4 Å². The second-order valence-corrected chi connectivity index (χ2v) is 6.49. The van der Waals surface area contributed by atoms with Gasteiger partial charge >= 0.3 is 0 Å². The van der Waals surface area contributed by atoms with Crippen molar-refractivity contribution in [3.05, 3.63) is 66.6 Å². The fraction of sp³-hybridized carbons (Fsp3) is 0.0667. The number of halogens is 2. The smallest absolute Gasteiger partial charge is 0.269 e. The Balaban J connectivity index is 1.97. The Morgan fingerprint density at radius 1 is 1.29 bits per heavy atom. The standard InChI is InChI=1S/C15H11Br2N3O4/c16-11-6-10(15(22)13(17)7-11)8-18-19-14(21)5-9-1-3-12(4-2-9)20(23)24/h1-4,6-8,22H,5H2,(H,19,21). The van der Waals surface area contributed by atoms with Crippen LogP contribution in [-0.2, 0) is 11.2 Å². The molecule has 24 heavy (non-hydrogen) atoms. The van der Waals surface area contributed by atoms with Crippen LogP contribution < -0.4 is 5.43 Å². The number of nitro groups is 1. The molecule has 0 aliphatic heterocycles. The maximum Gasteiger partial charge on any atom is 0.269 e. The van der Waals surface area contributed by atoms with E-state index < -0.39 is 4.92 Å². The Kier molecular flexibility index (Phi) is 6.04. The lowest BCUT2D eigenvalue weighted by Crippen LogP contribution is -2.19. The number of carbonyl (C=O) groups is 1. The highest BCUT2D eigenvalue weighted by Crippen LogP contribution is 2.30. The van der Waals surface area contributed by atoms with Crippen LogP contribution in [0.4, 0.5) is 5.69 Å². The number of phenols is 1. The molecule has 0 spiro atoms. The van der Waals surface area contributed by atoms with Gasteiger partial charge < -0.3 is 5.11 Å². The van der Waals surface area contributed by atoms with Gasteiger partial charge in [0.1, 0.15) is 5.75 Å². The SMILES string of the molecule is O=C(Cc1ccc([N+](=O)[O-])cc1)NN=Cc1cc(Br)cc(Br)c1O. The van der Waals surface area contributed by atoms with E-state index in [0.717, 1.165) is 4.47 Å². The average molecular weight is 457 g/mol. The number of nitrogens with zero attached hydrogens (tertiary/aromatic N) is 2. The summed E-state index contributed by atoms with van der Waals surface area (Å²) >= 11 is 6.49. The number of amides is 1. The lowest BCUT2D eigenvalue weighted by Gasteiger charge is -2.03. The van der Waals surface area contributed by atoms with Gasteiger partial charge in [-0.2, -0.15) is 5.10 Å². The Bertz CT molecular complexity index is 807. The van der Waals surface area contributed by atoms with Crippen molar-refractivity contribution in [2.75, 3.05) is 0 Å². The third kappa shape index (κ3) is 4.87. The Hall–Kier alpha value is -2.26. The fourth-order valence-corrected chi connectivity index (χ4v) is 3.08. The first kappa shape index (κ1) is 18.1. The van der Waals surface area contributed by atoms with E-state index in [1.807, 2.05) is 0 Å². The lowest BCUT2D eigenvalue weighted by atomic mass is 10.1. The second-order valence-electron chi connectivity index (χ2n) is 4.72. The zero-order valence-electron chi connectivity index (χ0n) is 12.1. The number of rotatable bonds is 5. The van der Waals surface area contributed by atoms with Gasteiger partial charge in [-0.05, 0) is 33.6 Å². The molecule has 2 rings (SSSR count). The molecule has 0 aliphatic rings. The highest BCUT2D eigenvalue weighted by Gasteiger charge is 2.08. The van der Waals surface area contributed by atoms with Crippen molar-refractivity contribution in [1.82, 2.24) is 5.43 Å². The first-order valence-electron chi connectivity index (χ1n) is 6.60. The molecule has 0 radical (unpaired) electrons. The fourth-order valence-electron chi connectivity index (χ4n) is 1.82. The van der Waals surface area contributed by atoms with Gasteiger partial charge in [-0.3, -0.25) is 14.9 Å². The second kappa shape index (κ2) is 8.02. The lowest BCUT2D eigenvalue weighted by molar-refractivity contribution is -0.384. The molecule has 2 aromatic carbocycles. The van der Waals surface area contributed by atoms with E-state index in [9.17, 15) is 20.0 Å². The molecule has 2 N–H and O–H groups in total. The summed E-state index contributed by atoms with van der Waals surface area (Å²) in [4.78, 5) is 21.9. The number of nitro benzene ring substituents is 1. The Labute approximate surface area is 153 Å². The normalized spacial score (nSPS) is 10.8. The number of aromatic hydroxyl groups is 1. The summed E-state index contributed by atoms with van der Waals surface area (Å²) in [6, 6.07) is 9.02. The number of hydrazone groups is 1. The first-order chi connectivity index (χ1) is 11.4. The minimum Gasteiger partial charge on any atom is -0.506 e. The van der Waals surface area contributed by atoms with Crippen LogP contribution >= 0.6 is 31.9 Å². The number of hydrogen-bond donors (Lipinski definition) is 2.